The van der Waals surface area contributed by atoms with Crippen molar-refractivity contribution in [2.24, 2.45) is 11.5 Å². The van der Waals surface area contributed by atoms with Crippen molar-refractivity contribution in [1.29, 1.82) is 10.5 Å². The molecule has 0 bridgehead atoms. The zero-order valence-corrected chi connectivity index (χ0v) is 49.6. The molecule has 0 aliphatic carbocycles. The molecule has 11 rings (SSSR count). The van der Waals surface area contributed by atoms with Gasteiger partial charge in [0.15, 0.2) is 0 Å². The van der Waals surface area contributed by atoms with Gasteiger partial charge in [-0.3, -0.25) is 0 Å². The molecule has 5 aliphatic rings. The minimum atomic E-state index is -0.451. The van der Waals surface area contributed by atoms with Crippen molar-refractivity contribution < 1.29 is 9.18 Å². The Hall–Kier alpha value is -7.56. The lowest BCUT2D eigenvalue weighted by Crippen LogP contribution is -2.30. The fourth-order valence-electron chi connectivity index (χ4n) is 10.1. The first-order chi connectivity index (χ1) is 40.3. The summed E-state index contributed by atoms with van der Waals surface area (Å²) < 4.78 is 13.2. The van der Waals surface area contributed by atoms with Gasteiger partial charge in [0.2, 0.25) is 11.4 Å². The van der Waals surface area contributed by atoms with Gasteiger partial charge in [-0.25, -0.2) is 14.1 Å². The van der Waals surface area contributed by atoms with Crippen LogP contribution in [-0.2, 0) is 17.9 Å². The number of nitrogens with zero attached hydrogens (tertiary/aromatic N) is 8. The fraction of sp³-hybridized carbons (Fsp3) is 0.397. The molecule has 0 atom stereocenters. The summed E-state index contributed by atoms with van der Waals surface area (Å²) in [5, 5.41) is 21.2. The molecule has 0 aromatic heterocycles. The number of anilines is 4. The second-order valence-corrected chi connectivity index (χ2v) is 20.9. The highest BCUT2D eigenvalue weighted by atomic mass is 79.9. The number of hydrogen-bond acceptors (Lipinski definition) is 10. The molecule has 0 unspecified atom stereocenters. The molecule has 6 aromatic rings. The van der Waals surface area contributed by atoms with Crippen LogP contribution in [0.3, 0.4) is 0 Å². The maximum Gasteiger partial charge on any atom is 0.222 e. The van der Waals surface area contributed by atoms with E-state index in [1.165, 1.54) is 170 Å². The molecule has 6 aromatic carbocycles. The van der Waals surface area contributed by atoms with Crippen molar-refractivity contribution in [2.45, 2.75) is 109 Å². The van der Waals surface area contributed by atoms with Gasteiger partial charge in [0, 0.05) is 81.3 Å². The zero-order chi connectivity index (χ0) is 58.8. The average Bonchev–Trinajstić information content (AvgIpc) is 3.60. The Kier molecular flexibility index (Phi) is 33.8. The first-order valence-electron chi connectivity index (χ1n) is 29.1. The number of nitrogens with two attached hydrogens (primary N) is 2. The second kappa shape index (κ2) is 41.4. The van der Waals surface area contributed by atoms with Crippen LogP contribution < -0.4 is 36.4 Å². The summed E-state index contributed by atoms with van der Waals surface area (Å²) in [5.74, 6) is -0.451. The van der Waals surface area contributed by atoms with E-state index in [9.17, 15) is 4.39 Å². The zero-order valence-electron chi connectivity index (χ0n) is 48.1. The van der Waals surface area contributed by atoms with Crippen molar-refractivity contribution in [3.63, 3.8) is 0 Å². The Balaban J connectivity index is 0.000000207. The number of nitrogens with one attached hydrogen (secondary N) is 1. The van der Waals surface area contributed by atoms with E-state index < -0.39 is 5.82 Å². The summed E-state index contributed by atoms with van der Waals surface area (Å²) in [6.45, 7) is 28.1. The van der Waals surface area contributed by atoms with Gasteiger partial charge < -0.3 is 41.2 Å². The highest BCUT2D eigenvalue weighted by molar-refractivity contribution is 9.10. The summed E-state index contributed by atoms with van der Waals surface area (Å²) in [6, 6.07) is 50.5. The molecule has 0 spiro atoms. The van der Waals surface area contributed by atoms with E-state index in [4.69, 9.17) is 39.9 Å². The van der Waals surface area contributed by atoms with Gasteiger partial charge in [-0.2, -0.15) is 10.5 Å². The summed E-state index contributed by atoms with van der Waals surface area (Å²) in [7, 11) is 0. The summed E-state index contributed by atoms with van der Waals surface area (Å²) >= 11 is 3.24. The molecule has 5 fully saturated rings. The van der Waals surface area contributed by atoms with Gasteiger partial charge in [0.05, 0.1) is 35.6 Å². The average molecular weight is 1170 g/mol. The number of carbonyl (C=O) groups is 1. The predicted octanol–water partition coefficient (Wildman–Crippen LogP) is 15.3. The van der Waals surface area contributed by atoms with Crippen molar-refractivity contribution >= 4 is 56.8 Å². The van der Waals surface area contributed by atoms with Crippen LogP contribution in [0.15, 0.2) is 150 Å². The summed E-state index contributed by atoms with van der Waals surface area (Å²) in [4.78, 5) is 23.8. The minimum Gasteiger partial charge on any atom is -0.371 e. The molecule has 82 heavy (non-hydrogen) atoms. The van der Waals surface area contributed by atoms with E-state index in [2.05, 4.69) is 111 Å². The standard InChI is InChI=1S/2C12H18N2.2C12H14N2.C7H4BrN.C7H4FN.C5H11N.CH2O/c4*13-10-11-6-2-3-7-12(11)14-8-4-1-5-9-14;2*1-9-7-5-3-2-4-6(7)8;1-2-4-6-5-3-1;1-2/h2*2-3,6-7H,1,4-5,8-10,13H2;2*2-3,6-7H,1,4-5,8-9H2;2*2-5H;6H,1-5H2;1H2. The molecule has 14 heteroatoms. The fourth-order valence-corrected chi connectivity index (χ4v) is 10.5. The molecule has 0 radical (unpaired) electrons. The van der Waals surface area contributed by atoms with Crippen LogP contribution in [0.1, 0.15) is 119 Å². The Bertz CT molecular complexity index is 2680. The molecule has 5 N–H and O–H groups in total. The van der Waals surface area contributed by atoms with Gasteiger partial charge >= 0.3 is 0 Å². The van der Waals surface area contributed by atoms with E-state index in [-0.39, 0.29) is 5.69 Å². The third-order valence-corrected chi connectivity index (χ3v) is 15.1. The van der Waals surface area contributed by atoms with E-state index in [1.54, 1.807) is 18.2 Å². The van der Waals surface area contributed by atoms with Crippen LogP contribution in [0.25, 0.3) is 9.69 Å². The monoisotopic (exact) mass is 1170 g/mol. The van der Waals surface area contributed by atoms with E-state index in [0.717, 1.165) is 53.2 Å². The largest absolute Gasteiger partial charge is 0.371 e. The molecule has 5 aliphatic heterocycles. The second-order valence-electron chi connectivity index (χ2n) is 20.1. The third-order valence-electron chi connectivity index (χ3n) is 14.4. The Morgan fingerprint density at radius 1 is 0.451 bits per heavy atom. The number of piperidine rings is 5. The van der Waals surface area contributed by atoms with Crippen LogP contribution >= 0.6 is 15.9 Å². The van der Waals surface area contributed by atoms with Gasteiger partial charge in [-0.15, -0.1) is 0 Å². The van der Waals surface area contributed by atoms with Crippen molar-refractivity contribution in [3.05, 3.63) is 201 Å². The van der Waals surface area contributed by atoms with Crippen LogP contribution in [-0.4, -0.2) is 72.2 Å². The highest BCUT2D eigenvalue weighted by Crippen LogP contribution is 2.28. The number of carbonyl (C=O) groups excluding carboxylic acids is 1. The Morgan fingerprint density at radius 2 is 0.756 bits per heavy atom. The van der Waals surface area contributed by atoms with Crippen molar-refractivity contribution in [2.75, 3.05) is 85.0 Å². The molecular weight excluding hydrogens is 1090 g/mol. The van der Waals surface area contributed by atoms with Gasteiger partial charge in [-0.05, 0) is 157 Å². The first kappa shape index (κ1) is 66.9. The lowest BCUT2D eigenvalue weighted by molar-refractivity contribution is -0.0980. The number of rotatable bonds is 6. The molecule has 5 saturated heterocycles. The van der Waals surface area contributed by atoms with E-state index >= 15 is 0 Å². The maximum atomic E-state index is 12.4. The quantitative estimate of drug-likeness (QED) is 0.138. The van der Waals surface area contributed by atoms with E-state index in [0.29, 0.717) is 18.8 Å². The molecule has 432 valence electrons. The van der Waals surface area contributed by atoms with Crippen LogP contribution in [0, 0.1) is 41.6 Å². The molecule has 0 amide bonds. The number of para-hydroxylation sites is 6. The number of hydrogen-bond donors (Lipinski definition) is 3. The SMILES string of the molecule is C1CCNCC1.C=O.N#Cc1ccccc1N1CCCCC1.N#Cc1ccccc1N1CCCCC1.NCc1ccccc1N1CCCCC1.NCc1ccccc1N1CCCCC1.[C-]#[N+]c1ccccc1Br.[C-]#[N+]c1ccccc1F. The molecular formula is C68H85BrFN11O. The van der Waals surface area contributed by atoms with Crippen molar-refractivity contribution in [1.82, 2.24) is 5.32 Å². The van der Waals surface area contributed by atoms with Crippen LogP contribution in [0.2, 0.25) is 0 Å². The van der Waals surface area contributed by atoms with Crippen LogP contribution in [0.5, 0.6) is 0 Å². The van der Waals surface area contributed by atoms with Crippen LogP contribution in [0.4, 0.5) is 38.5 Å². The minimum absolute atomic E-state index is 0.0810. The van der Waals surface area contributed by atoms with Gasteiger partial charge in [0.1, 0.15) is 24.7 Å². The molecule has 12 nitrogen and oxygen atoms in total. The topological polar surface area (TPSA) is 150 Å². The number of nitriles is 2. The third kappa shape index (κ3) is 23.9. The predicted molar refractivity (Wildman–Crippen MR) is 342 cm³/mol. The summed E-state index contributed by atoms with van der Waals surface area (Å²) in [5.41, 5.74) is 21.2. The Labute approximate surface area is 498 Å². The smallest absolute Gasteiger partial charge is 0.222 e. The first-order valence-corrected chi connectivity index (χ1v) is 29.9. The van der Waals surface area contributed by atoms with E-state index in [1.807, 2.05) is 73.5 Å². The number of halogens is 2. The summed E-state index contributed by atoms with van der Waals surface area (Å²) in [6.07, 6.45) is 19.9. The Morgan fingerprint density at radius 3 is 1.05 bits per heavy atom. The van der Waals surface area contributed by atoms with Crippen molar-refractivity contribution in [3.8, 4) is 12.1 Å². The lowest BCUT2D eigenvalue weighted by atomic mass is 10.1. The maximum absolute atomic E-state index is 12.4. The molecule has 0 saturated carbocycles. The normalized spacial score (nSPS) is 15.1. The molecule has 5 heterocycles. The number of benzene rings is 6. The highest BCUT2D eigenvalue weighted by Gasteiger charge is 2.16. The van der Waals surface area contributed by atoms with Gasteiger partial charge in [-0.1, -0.05) is 125 Å². The van der Waals surface area contributed by atoms with Gasteiger partial charge in [0.25, 0.3) is 0 Å². The lowest BCUT2D eigenvalue weighted by Gasteiger charge is -2.30.